The van der Waals surface area contributed by atoms with Gasteiger partial charge in [0.25, 0.3) is 5.56 Å². The Morgan fingerprint density at radius 3 is 2.57 bits per heavy atom. The number of benzene rings is 2. The Kier molecular flexibility index (Phi) is 5.34. The Labute approximate surface area is 177 Å². The van der Waals surface area contributed by atoms with Gasteiger partial charge in [-0.2, -0.15) is 0 Å². The summed E-state index contributed by atoms with van der Waals surface area (Å²) in [4.78, 5) is 31.1. The van der Waals surface area contributed by atoms with Crippen molar-refractivity contribution in [2.75, 3.05) is 11.6 Å². The summed E-state index contributed by atoms with van der Waals surface area (Å²) in [6, 6.07) is 18.8. The molecule has 2 N–H and O–H groups in total. The number of ketones is 1. The average Bonchev–Trinajstić information content (AvgIpc) is 3.15. The number of carbonyl (C=O) groups excluding carboxylic acids is 1. The van der Waals surface area contributed by atoms with Gasteiger partial charge in [0.1, 0.15) is 4.83 Å². The molecule has 0 unspecified atom stereocenters. The lowest BCUT2D eigenvalue weighted by Crippen LogP contribution is -2.29. The van der Waals surface area contributed by atoms with Crippen molar-refractivity contribution in [1.29, 1.82) is 0 Å². The molecule has 0 aliphatic rings. The van der Waals surface area contributed by atoms with Gasteiger partial charge < -0.3 is 5.84 Å². The highest BCUT2D eigenvalue weighted by Crippen LogP contribution is 2.31. The van der Waals surface area contributed by atoms with Crippen molar-refractivity contribution >= 4 is 55.0 Å². The molecule has 0 spiro atoms. The summed E-state index contributed by atoms with van der Waals surface area (Å²) in [6.45, 7) is 0. The van der Waals surface area contributed by atoms with Crippen LogP contribution < -0.4 is 11.4 Å². The lowest BCUT2D eigenvalue weighted by atomic mass is 10.2. The maximum atomic E-state index is 12.6. The maximum absolute atomic E-state index is 12.6. The molecule has 2 heterocycles. The van der Waals surface area contributed by atoms with Crippen molar-refractivity contribution < 1.29 is 4.79 Å². The largest absolute Gasteiger partial charge is 0.334 e. The monoisotopic (exact) mass is 471 g/mol. The number of carbonyl (C=O) groups is 1. The summed E-state index contributed by atoms with van der Waals surface area (Å²) in [5.74, 6) is 6.04. The van der Waals surface area contributed by atoms with Gasteiger partial charge in [0, 0.05) is 14.9 Å². The molecule has 140 valence electrons. The fraction of sp³-hybridized carbons (Fsp3) is 0.0500. The molecule has 0 bridgehead atoms. The molecular formula is C20H14BrN3O2S2. The molecule has 5 nitrogen and oxygen atoms in total. The molecule has 0 amide bonds. The second kappa shape index (κ2) is 7.90. The lowest BCUT2D eigenvalue weighted by Gasteiger charge is -2.06. The minimum Gasteiger partial charge on any atom is -0.334 e. The minimum absolute atomic E-state index is 0.0528. The fourth-order valence-electron chi connectivity index (χ4n) is 2.67. The Morgan fingerprint density at radius 2 is 1.86 bits per heavy atom. The zero-order valence-electron chi connectivity index (χ0n) is 14.5. The van der Waals surface area contributed by atoms with Crippen LogP contribution >= 0.6 is 39.0 Å². The Bertz CT molecular complexity index is 1220. The first kappa shape index (κ1) is 18.9. The molecule has 2 aromatic carbocycles. The van der Waals surface area contributed by atoms with Gasteiger partial charge in [-0.1, -0.05) is 70.2 Å². The predicted octanol–water partition coefficient (Wildman–Crippen LogP) is 4.58. The maximum Gasteiger partial charge on any atom is 0.281 e. The number of nitrogens with two attached hydrogens (primary N) is 1. The third-order valence-corrected chi connectivity index (χ3v) is 6.68. The molecule has 8 heteroatoms. The fourth-order valence-corrected chi connectivity index (χ4v) is 4.82. The summed E-state index contributed by atoms with van der Waals surface area (Å²) in [5.41, 5.74) is 1.31. The van der Waals surface area contributed by atoms with E-state index in [0.29, 0.717) is 20.9 Å². The van der Waals surface area contributed by atoms with Crippen LogP contribution in [-0.4, -0.2) is 21.2 Å². The standard InChI is InChI=1S/C20H14BrN3O2S2/c21-14-8-6-12(7-9-14)16(25)11-27-20-23-18-15(19(26)24(20)22)10-17(28-18)13-4-2-1-3-5-13/h1-10H,11,22H2. The van der Waals surface area contributed by atoms with E-state index in [0.717, 1.165) is 31.4 Å². The Balaban J connectivity index is 1.62. The number of thiophene rings is 1. The SMILES string of the molecule is Nn1c(SCC(=O)c2ccc(Br)cc2)nc2sc(-c3ccccc3)cc2c1=O. The van der Waals surface area contributed by atoms with Crippen LogP contribution in [0, 0.1) is 0 Å². The third-order valence-electron chi connectivity index (χ3n) is 4.12. The van der Waals surface area contributed by atoms with Crippen molar-refractivity contribution in [2.45, 2.75) is 5.16 Å². The van der Waals surface area contributed by atoms with Crippen LogP contribution in [-0.2, 0) is 0 Å². The summed E-state index contributed by atoms with van der Waals surface area (Å²) in [7, 11) is 0. The number of Topliss-reactive ketones (excluding diaryl/α,β-unsaturated/α-hetero) is 1. The molecule has 2 aromatic heterocycles. The molecule has 4 aromatic rings. The van der Waals surface area contributed by atoms with Crippen LogP contribution in [0.1, 0.15) is 10.4 Å². The number of halogens is 1. The van der Waals surface area contributed by atoms with Gasteiger partial charge in [0.2, 0.25) is 0 Å². The van der Waals surface area contributed by atoms with Crippen molar-refractivity contribution in [3.05, 3.63) is 81.1 Å². The quantitative estimate of drug-likeness (QED) is 0.199. The minimum atomic E-state index is -0.318. The van der Waals surface area contributed by atoms with Crippen LogP contribution in [0.2, 0.25) is 0 Å². The third kappa shape index (κ3) is 3.76. The summed E-state index contributed by atoms with van der Waals surface area (Å²) in [5, 5.41) is 0.805. The Hall–Kier alpha value is -2.42. The molecule has 28 heavy (non-hydrogen) atoms. The highest BCUT2D eigenvalue weighted by Gasteiger charge is 2.15. The highest BCUT2D eigenvalue weighted by molar-refractivity contribution is 9.10. The number of aromatic nitrogens is 2. The first-order valence-corrected chi connectivity index (χ1v) is 10.9. The van der Waals surface area contributed by atoms with Crippen molar-refractivity contribution in [3.8, 4) is 10.4 Å². The van der Waals surface area contributed by atoms with Crippen LogP contribution in [0.3, 0.4) is 0 Å². The van der Waals surface area contributed by atoms with Gasteiger partial charge >= 0.3 is 0 Å². The number of fused-ring (bicyclic) bond motifs is 1. The number of hydrogen-bond donors (Lipinski definition) is 1. The van der Waals surface area contributed by atoms with E-state index in [9.17, 15) is 9.59 Å². The molecular weight excluding hydrogens is 458 g/mol. The average molecular weight is 472 g/mol. The predicted molar refractivity (Wildman–Crippen MR) is 119 cm³/mol. The van der Waals surface area contributed by atoms with Gasteiger partial charge in [-0.05, 0) is 23.8 Å². The van der Waals surface area contributed by atoms with E-state index in [1.54, 1.807) is 12.1 Å². The van der Waals surface area contributed by atoms with Gasteiger partial charge in [0.15, 0.2) is 10.9 Å². The number of hydrogen-bond acceptors (Lipinski definition) is 6. The van der Waals surface area contributed by atoms with E-state index >= 15 is 0 Å². The van der Waals surface area contributed by atoms with Crippen LogP contribution in [0.4, 0.5) is 0 Å². The van der Waals surface area contributed by atoms with E-state index < -0.39 is 0 Å². The highest BCUT2D eigenvalue weighted by atomic mass is 79.9. The topological polar surface area (TPSA) is 78.0 Å². The van der Waals surface area contributed by atoms with Crippen LogP contribution in [0.25, 0.3) is 20.7 Å². The second-order valence-corrected chi connectivity index (χ2v) is 8.87. The number of nitrogen functional groups attached to an aromatic ring is 1. The summed E-state index contributed by atoms with van der Waals surface area (Å²) in [6.07, 6.45) is 0. The summed E-state index contributed by atoms with van der Waals surface area (Å²) >= 11 is 5.95. The molecule has 0 aliphatic carbocycles. The lowest BCUT2D eigenvalue weighted by molar-refractivity contribution is 0.102. The van der Waals surface area contributed by atoms with Gasteiger partial charge in [-0.25, -0.2) is 9.66 Å². The molecule has 0 saturated carbocycles. The molecule has 0 radical (unpaired) electrons. The van der Waals surface area contributed by atoms with E-state index in [2.05, 4.69) is 20.9 Å². The molecule has 4 rings (SSSR count). The smallest absolute Gasteiger partial charge is 0.281 e. The van der Waals surface area contributed by atoms with E-state index in [4.69, 9.17) is 5.84 Å². The first-order valence-electron chi connectivity index (χ1n) is 8.31. The van der Waals surface area contributed by atoms with Crippen molar-refractivity contribution in [2.24, 2.45) is 0 Å². The first-order chi connectivity index (χ1) is 13.5. The second-order valence-electron chi connectivity index (χ2n) is 5.98. The number of rotatable bonds is 5. The van der Waals surface area contributed by atoms with E-state index in [1.165, 1.54) is 11.3 Å². The molecule has 0 fully saturated rings. The molecule has 0 saturated heterocycles. The van der Waals surface area contributed by atoms with Gasteiger partial charge in [-0.3, -0.25) is 9.59 Å². The van der Waals surface area contributed by atoms with E-state index in [1.807, 2.05) is 48.5 Å². The van der Waals surface area contributed by atoms with Crippen molar-refractivity contribution in [3.63, 3.8) is 0 Å². The number of thioether (sulfide) groups is 1. The molecule has 0 atom stereocenters. The summed E-state index contributed by atoms with van der Waals surface area (Å²) < 4.78 is 1.93. The van der Waals surface area contributed by atoms with Crippen molar-refractivity contribution in [1.82, 2.24) is 9.66 Å². The zero-order valence-corrected chi connectivity index (χ0v) is 17.7. The van der Waals surface area contributed by atoms with Crippen LogP contribution in [0.15, 0.2) is 75.1 Å². The molecule has 0 aliphatic heterocycles. The Morgan fingerprint density at radius 1 is 1.14 bits per heavy atom. The zero-order chi connectivity index (χ0) is 19.7. The number of nitrogens with zero attached hydrogens (tertiary/aromatic N) is 2. The van der Waals surface area contributed by atoms with E-state index in [-0.39, 0.29) is 17.1 Å². The van der Waals surface area contributed by atoms with Gasteiger partial charge in [-0.15, -0.1) is 11.3 Å². The normalized spacial score (nSPS) is 11.0. The van der Waals surface area contributed by atoms with Gasteiger partial charge in [0.05, 0.1) is 11.1 Å². The van der Waals surface area contributed by atoms with Crippen LogP contribution in [0.5, 0.6) is 0 Å².